The van der Waals surface area contributed by atoms with Crippen molar-refractivity contribution in [2.24, 2.45) is 0 Å². The Morgan fingerprint density at radius 3 is 3.00 bits per heavy atom. The molecule has 2 heteroatoms. The Balaban J connectivity index is 2.67. The first-order chi connectivity index (χ1) is 4.83. The van der Waals surface area contributed by atoms with Crippen LogP contribution in [0.5, 0.6) is 0 Å². The van der Waals surface area contributed by atoms with Gasteiger partial charge in [-0.2, -0.15) is 0 Å². The summed E-state index contributed by atoms with van der Waals surface area (Å²) in [6, 6.07) is 0. The van der Waals surface area contributed by atoms with Gasteiger partial charge in [-0.25, -0.2) is 4.98 Å². The molecule has 10 heavy (non-hydrogen) atoms. The van der Waals surface area contributed by atoms with Gasteiger partial charge < -0.3 is 4.98 Å². The highest BCUT2D eigenvalue weighted by Gasteiger charge is 1.88. The van der Waals surface area contributed by atoms with Crippen LogP contribution in [0.2, 0.25) is 0 Å². The highest BCUT2D eigenvalue weighted by Crippen LogP contribution is 1.97. The van der Waals surface area contributed by atoms with Crippen molar-refractivity contribution in [3.63, 3.8) is 0 Å². The fourth-order valence-electron chi connectivity index (χ4n) is 0.747. The molecule has 0 aliphatic carbocycles. The SMILES string of the molecule is CC/C=C\c1ncc(C)[nH]1. The molecule has 0 saturated heterocycles. The molecule has 1 rings (SSSR count). The first-order valence-electron chi connectivity index (χ1n) is 3.51. The summed E-state index contributed by atoms with van der Waals surface area (Å²) in [5.74, 6) is 0.944. The molecule has 0 spiro atoms. The number of hydrogen-bond acceptors (Lipinski definition) is 1. The summed E-state index contributed by atoms with van der Waals surface area (Å²) in [4.78, 5) is 7.22. The fourth-order valence-corrected chi connectivity index (χ4v) is 0.747. The van der Waals surface area contributed by atoms with Crippen molar-refractivity contribution in [3.8, 4) is 0 Å². The predicted molar refractivity (Wildman–Crippen MR) is 42.6 cm³/mol. The summed E-state index contributed by atoms with van der Waals surface area (Å²) in [5, 5.41) is 0. The van der Waals surface area contributed by atoms with Crippen molar-refractivity contribution in [1.82, 2.24) is 9.97 Å². The van der Waals surface area contributed by atoms with Crippen LogP contribution in [0.15, 0.2) is 12.3 Å². The Labute approximate surface area is 61.0 Å². The second-order valence-electron chi connectivity index (χ2n) is 2.26. The second kappa shape index (κ2) is 3.20. The average Bonchev–Trinajstić information content (AvgIpc) is 2.31. The molecule has 54 valence electrons. The number of H-pyrrole nitrogens is 1. The van der Waals surface area contributed by atoms with Crippen molar-refractivity contribution in [3.05, 3.63) is 23.8 Å². The van der Waals surface area contributed by atoms with Crippen LogP contribution >= 0.6 is 0 Å². The Bertz CT molecular complexity index is 223. The van der Waals surface area contributed by atoms with Gasteiger partial charge in [0.25, 0.3) is 0 Å². The maximum atomic E-state index is 4.11. The lowest BCUT2D eigenvalue weighted by atomic mass is 10.4. The van der Waals surface area contributed by atoms with Crippen molar-refractivity contribution >= 4 is 6.08 Å². The van der Waals surface area contributed by atoms with Crippen molar-refractivity contribution < 1.29 is 0 Å². The molecule has 0 amide bonds. The number of hydrogen-bond donors (Lipinski definition) is 1. The molecule has 0 atom stereocenters. The molecule has 0 bridgehead atoms. The smallest absolute Gasteiger partial charge is 0.129 e. The molecule has 0 aliphatic rings. The Morgan fingerprint density at radius 1 is 1.70 bits per heavy atom. The van der Waals surface area contributed by atoms with Gasteiger partial charge in [-0.15, -0.1) is 0 Å². The quantitative estimate of drug-likeness (QED) is 0.663. The lowest BCUT2D eigenvalue weighted by molar-refractivity contribution is 1.20. The van der Waals surface area contributed by atoms with Crippen LogP contribution in [0, 0.1) is 6.92 Å². The number of nitrogens with zero attached hydrogens (tertiary/aromatic N) is 1. The fraction of sp³-hybridized carbons (Fsp3) is 0.375. The monoisotopic (exact) mass is 136 g/mol. The van der Waals surface area contributed by atoms with E-state index >= 15 is 0 Å². The molecular weight excluding hydrogens is 124 g/mol. The van der Waals surface area contributed by atoms with E-state index in [2.05, 4.69) is 23.0 Å². The molecule has 1 aromatic heterocycles. The third-order valence-corrected chi connectivity index (χ3v) is 1.23. The van der Waals surface area contributed by atoms with E-state index in [-0.39, 0.29) is 0 Å². The van der Waals surface area contributed by atoms with Crippen molar-refractivity contribution in [1.29, 1.82) is 0 Å². The molecule has 0 unspecified atom stereocenters. The van der Waals surface area contributed by atoms with Gasteiger partial charge in [0.1, 0.15) is 5.82 Å². The molecule has 0 saturated carbocycles. The molecule has 2 nitrogen and oxygen atoms in total. The van der Waals surface area contributed by atoms with E-state index in [0.29, 0.717) is 0 Å². The molecular formula is C8H12N2. The number of aromatic amines is 1. The largest absolute Gasteiger partial charge is 0.343 e. The summed E-state index contributed by atoms with van der Waals surface area (Å²) in [6.07, 6.45) is 6.96. The maximum Gasteiger partial charge on any atom is 0.129 e. The van der Waals surface area contributed by atoms with E-state index in [1.807, 2.05) is 19.2 Å². The van der Waals surface area contributed by atoms with Crippen LogP contribution in [0.3, 0.4) is 0 Å². The van der Waals surface area contributed by atoms with Crippen LogP contribution < -0.4 is 0 Å². The molecule has 1 heterocycles. The number of aromatic nitrogens is 2. The standard InChI is InChI=1S/C8H12N2/c1-3-4-5-8-9-6-7(2)10-8/h4-6H,3H2,1-2H3,(H,9,10)/b5-4-. The maximum absolute atomic E-state index is 4.11. The van der Waals surface area contributed by atoms with Crippen LogP contribution in [-0.2, 0) is 0 Å². The topological polar surface area (TPSA) is 28.7 Å². The summed E-state index contributed by atoms with van der Waals surface area (Å²) in [5.41, 5.74) is 1.11. The number of allylic oxidation sites excluding steroid dienone is 1. The minimum Gasteiger partial charge on any atom is -0.343 e. The van der Waals surface area contributed by atoms with Crippen LogP contribution in [0.4, 0.5) is 0 Å². The molecule has 0 aliphatic heterocycles. The van der Waals surface area contributed by atoms with E-state index in [1.165, 1.54) is 0 Å². The van der Waals surface area contributed by atoms with Gasteiger partial charge in [0.15, 0.2) is 0 Å². The number of rotatable bonds is 2. The van der Waals surface area contributed by atoms with Crippen LogP contribution in [0.25, 0.3) is 6.08 Å². The Hall–Kier alpha value is -1.05. The average molecular weight is 136 g/mol. The third kappa shape index (κ3) is 1.72. The highest BCUT2D eigenvalue weighted by atomic mass is 14.9. The zero-order valence-electron chi connectivity index (χ0n) is 6.39. The predicted octanol–water partition coefficient (Wildman–Crippen LogP) is 2.14. The number of nitrogens with one attached hydrogen (secondary N) is 1. The Morgan fingerprint density at radius 2 is 2.50 bits per heavy atom. The van der Waals surface area contributed by atoms with E-state index < -0.39 is 0 Å². The van der Waals surface area contributed by atoms with Crippen LogP contribution in [-0.4, -0.2) is 9.97 Å². The van der Waals surface area contributed by atoms with Gasteiger partial charge in [-0.05, 0) is 19.4 Å². The molecule has 0 fully saturated rings. The van der Waals surface area contributed by atoms with Gasteiger partial charge in [0.2, 0.25) is 0 Å². The van der Waals surface area contributed by atoms with E-state index in [0.717, 1.165) is 17.9 Å². The summed E-state index contributed by atoms with van der Waals surface area (Å²) in [7, 11) is 0. The molecule has 1 aromatic rings. The van der Waals surface area contributed by atoms with Crippen molar-refractivity contribution in [2.45, 2.75) is 20.3 Å². The second-order valence-corrected chi connectivity index (χ2v) is 2.26. The van der Waals surface area contributed by atoms with Gasteiger partial charge >= 0.3 is 0 Å². The third-order valence-electron chi connectivity index (χ3n) is 1.23. The van der Waals surface area contributed by atoms with E-state index in [9.17, 15) is 0 Å². The van der Waals surface area contributed by atoms with E-state index in [1.54, 1.807) is 0 Å². The van der Waals surface area contributed by atoms with Gasteiger partial charge in [0.05, 0.1) is 0 Å². The number of aryl methyl sites for hydroxylation is 1. The Kier molecular flexibility index (Phi) is 2.26. The van der Waals surface area contributed by atoms with Gasteiger partial charge in [-0.3, -0.25) is 0 Å². The minimum absolute atomic E-state index is 0.944. The van der Waals surface area contributed by atoms with Gasteiger partial charge in [-0.1, -0.05) is 13.0 Å². The minimum atomic E-state index is 0.944. The van der Waals surface area contributed by atoms with Crippen molar-refractivity contribution in [2.75, 3.05) is 0 Å². The lowest BCUT2D eigenvalue weighted by Crippen LogP contribution is -1.73. The normalized spacial score (nSPS) is 11.0. The molecule has 0 aromatic carbocycles. The summed E-state index contributed by atoms with van der Waals surface area (Å²) >= 11 is 0. The summed E-state index contributed by atoms with van der Waals surface area (Å²) in [6.45, 7) is 4.10. The van der Waals surface area contributed by atoms with E-state index in [4.69, 9.17) is 0 Å². The number of imidazole rings is 1. The molecule has 0 radical (unpaired) electrons. The van der Waals surface area contributed by atoms with Crippen LogP contribution in [0.1, 0.15) is 24.9 Å². The lowest BCUT2D eigenvalue weighted by Gasteiger charge is -1.81. The highest BCUT2D eigenvalue weighted by molar-refractivity contribution is 5.39. The molecule has 1 N–H and O–H groups in total. The first kappa shape index (κ1) is 7.06. The zero-order chi connectivity index (χ0) is 7.40. The van der Waals surface area contributed by atoms with Gasteiger partial charge in [0, 0.05) is 11.9 Å². The first-order valence-corrected chi connectivity index (χ1v) is 3.51. The zero-order valence-corrected chi connectivity index (χ0v) is 6.39. The summed E-state index contributed by atoms with van der Waals surface area (Å²) < 4.78 is 0.